The number of halogens is 1. The molecule has 156 valence electrons. The van der Waals surface area contributed by atoms with E-state index in [-0.39, 0.29) is 17.6 Å². The molecule has 4 aromatic rings. The summed E-state index contributed by atoms with van der Waals surface area (Å²) in [6, 6.07) is 15.1. The van der Waals surface area contributed by atoms with E-state index in [0.717, 1.165) is 27.5 Å². The van der Waals surface area contributed by atoms with Gasteiger partial charge in [0.2, 0.25) is 0 Å². The molecule has 1 N–H and O–H groups in total. The summed E-state index contributed by atoms with van der Waals surface area (Å²) in [5.41, 5.74) is 4.56. The topological polar surface area (TPSA) is 48.2 Å². The van der Waals surface area contributed by atoms with E-state index in [1.165, 1.54) is 6.07 Å². The molecule has 5 nitrogen and oxygen atoms in total. The van der Waals surface area contributed by atoms with Crippen LogP contribution in [0.4, 0.5) is 10.1 Å². The van der Waals surface area contributed by atoms with Crippen LogP contribution in [-0.2, 0) is 11.3 Å². The van der Waals surface area contributed by atoms with Crippen molar-refractivity contribution in [3.8, 4) is 0 Å². The molecular formula is C24H26FN3O2. The number of hydrogen-bond donors (Lipinski definition) is 1. The largest absolute Gasteiger partial charge is 0.383 e. The zero-order valence-electron chi connectivity index (χ0n) is 17.7. The predicted molar refractivity (Wildman–Crippen MR) is 119 cm³/mol. The number of para-hydroxylation sites is 1. The number of rotatable bonds is 6. The van der Waals surface area contributed by atoms with E-state index < -0.39 is 5.82 Å². The second-order valence-electron chi connectivity index (χ2n) is 7.83. The van der Waals surface area contributed by atoms with E-state index >= 15 is 0 Å². The third kappa shape index (κ3) is 3.37. The van der Waals surface area contributed by atoms with Crippen molar-refractivity contribution in [1.82, 2.24) is 9.13 Å². The molecule has 0 unspecified atom stereocenters. The Hall–Kier alpha value is -3.12. The molecule has 4 rings (SSSR count). The highest BCUT2D eigenvalue weighted by Gasteiger charge is 2.23. The standard InChI is InChI=1S/C24H26FN3O2/c1-15(2)28-20-8-6-5-7-17(20)23-21(28)14-22(27(23)11-12-30-4)24(29)26-19-10-9-16(3)13-18(19)25/h5-10,13-15H,11-12H2,1-4H3,(H,26,29). The first kappa shape index (κ1) is 20.2. The van der Waals surface area contributed by atoms with Gasteiger partial charge in [0.05, 0.1) is 28.8 Å². The maximum absolute atomic E-state index is 14.3. The Labute approximate surface area is 175 Å². The van der Waals surface area contributed by atoms with Gasteiger partial charge in [-0.25, -0.2) is 4.39 Å². The fourth-order valence-corrected chi connectivity index (χ4v) is 4.08. The van der Waals surface area contributed by atoms with Crippen LogP contribution in [0.1, 0.15) is 35.9 Å². The van der Waals surface area contributed by atoms with Crippen molar-refractivity contribution in [1.29, 1.82) is 0 Å². The van der Waals surface area contributed by atoms with E-state index in [9.17, 15) is 9.18 Å². The van der Waals surface area contributed by atoms with Gasteiger partial charge in [-0.2, -0.15) is 0 Å². The minimum atomic E-state index is -0.444. The van der Waals surface area contributed by atoms with Crippen LogP contribution in [-0.4, -0.2) is 28.8 Å². The highest BCUT2D eigenvalue weighted by molar-refractivity contribution is 6.12. The first-order chi connectivity index (χ1) is 14.4. The summed E-state index contributed by atoms with van der Waals surface area (Å²) in [5, 5.41) is 3.81. The molecule has 0 radical (unpaired) electrons. The first-order valence-electron chi connectivity index (χ1n) is 10.1. The summed E-state index contributed by atoms with van der Waals surface area (Å²) in [6.07, 6.45) is 0. The summed E-state index contributed by atoms with van der Waals surface area (Å²) in [4.78, 5) is 13.2. The lowest BCUT2D eigenvalue weighted by Gasteiger charge is -2.12. The second-order valence-corrected chi connectivity index (χ2v) is 7.83. The van der Waals surface area contributed by atoms with Crippen molar-refractivity contribution in [3.05, 3.63) is 65.6 Å². The third-order valence-electron chi connectivity index (χ3n) is 5.40. The predicted octanol–water partition coefficient (Wildman–Crippen LogP) is 5.52. The number of aromatic nitrogens is 2. The van der Waals surface area contributed by atoms with Crippen LogP contribution in [0.2, 0.25) is 0 Å². The number of hydrogen-bond acceptors (Lipinski definition) is 2. The maximum atomic E-state index is 14.3. The van der Waals surface area contributed by atoms with Gasteiger partial charge in [0.1, 0.15) is 11.5 Å². The molecule has 2 aromatic carbocycles. The lowest BCUT2D eigenvalue weighted by Crippen LogP contribution is -2.19. The summed E-state index contributed by atoms with van der Waals surface area (Å²) in [5.74, 6) is -0.788. The average Bonchev–Trinajstić information content (AvgIpc) is 3.23. The van der Waals surface area contributed by atoms with Gasteiger partial charge in [0.15, 0.2) is 0 Å². The highest BCUT2D eigenvalue weighted by Crippen LogP contribution is 2.34. The van der Waals surface area contributed by atoms with Gasteiger partial charge >= 0.3 is 0 Å². The number of ether oxygens (including phenoxy) is 1. The SMILES string of the molecule is COCCn1c(C(=O)Nc2ccc(C)cc2F)cc2c1c1ccccc1n2C(C)C. The molecule has 0 bridgehead atoms. The van der Waals surface area contributed by atoms with E-state index in [1.54, 1.807) is 19.2 Å². The van der Waals surface area contributed by atoms with Crippen molar-refractivity contribution in [2.75, 3.05) is 19.0 Å². The van der Waals surface area contributed by atoms with Gasteiger partial charge in [0.25, 0.3) is 5.91 Å². The van der Waals surface area contributed by atoms with Gasteiger partial charge in [-0.05, 0) is 50.6 Å². The number of methoxy groups -OCH3 is 1. The number of nitrogens with one attached hydrogen (secondary N) is 1. The maximum Gasteiger partial charge on any atom is 0.272 e. The third-order valence-corrected chi connectivity index (χ3v) is 5.40. The van der Waals surface area contributed by atoms with Crippen LogP contribution < -0.4 is 5.32 Å². The van der Waals surface area contributed by atoms with E-state index in [4.69, 9.17) is 4.74 Å². The molecule has 6 heteroatoms. The molecule has 0 atom stereocenters. The summed E-state index contributed by atoms with van der Waals surface area (Å²) < 4.78 is 23.8. The fourth-order valence-electron chi connectivity index (χ4n) is 4.08. The molecule has 0 aliphatic rings. The molecule has 0 aliphatic carbocycles. The zero-order chi connectivity index (χ0) is 21.4. The number of nitrogens with zero attached hydrogens (tertiary/aromatic N) is 2. The number of carbonyl (C=O) groups excluding carboxylic acids is 1. The monoisotopic (exact) mass is 407 g/mol. The number of benzene rings is 2. The number of fused-ring (bicyclic) bond motifs is 3. The number of amides is 1. The fraction of sp³-hybridized carbons (Fsp3) is 0.292. The van der Waals surface area contributed by atoms with Gasteiger partial charge < -0.3 is 19.2 Å². The molecular weight excluding hydrogens is 381 g/mol. The van der Waals surface area contributed by atoms with Crippen LogP contribution in [0.5, 0.6) is 0 Å². The van der Waals surface area contributed by atoms with Crippen molar-refractivity contribution in [3.63, 3.8) is 0 Å². The van der Waals surface area contributed by atoms with Gasteiger partial charge in [0, 0.05) is 25.1 Å². The minimum Gasteiger partial charge on any atom is -0.383 e. The molecule has 0 spiro atoms. The van der Waals surface area contributed by atoms with Crippen molar-refractivity contribution in [2.24, 2.45) is 0 Å². The Balaban J connectivity index is 1.88. The zero-order valence-corrected chi connectivity index (χ0v) is 17.7. The highest BCUT2D eigenvalue weighted by atomic mass is 19.1. The van der Waals surface area contributed by atoms with Crippen LogP contribution in [0.3, 0.4) is 0 Å². The van der Waals surface area contributed by atoms with Gasteiger partial charge in [-0.15, -0.1) is 0 Å². The molecule has 0 aliphatic heterocycles. The summed E-state index contributed by atoms with van der Waals surface area (Å²) in [7, 11) is 1.64. The second kappa shape index (κ2) is 7.95. The lowest BCUT2D eigenvalue weighted by atomic mass is 10.2. The van der Waals surface area contributed by atoms with E-state index in [1.807, 2.05) is 29.7 Å². The van der Waals surface area contributed by atoms with Crippen LogP contribution in [0.15, 0.2) is 48.5 Å². The molecule has 2 heterocycles. The Kier molecular flexibility index (Phi) is 5.35. The Bertz CT molecular complexity index is 1240. The Morgan fingerprint density at radius 3 is 2.60 bits per heavy atom. The molecule has 30 heavy (non-hydrogen) atoms. The molecule has 0 saturated heterocycles. The van der Waals surface area contributed by atoms with Crippen molar-refractivity contribution < 1.29 is 13.9 Å². The molecule has 0 saturated carbocycles. The number of carbonyl (C=O) groups is 1. The van der Waals surface area contributed by atoms with Crippen molar-refractivity contribution in [2.45, 2.75) is 33.4 Å². The first-order valence-corrected chi connectivity index (χ1v) is 10.1. The summed E-state index contributed by atoms with van der Waals surface area (Å²) >= 11 is 0. The average molecular weight is 407 g/mol. The number of anilines is 1. The van der Waals surface area contributed by atoms with E-state index in [2.05, 4.69) is 35.9 Å². The quantitative estimate of drug-likeness (QED) is 0.457. The Morgan fingerprint density at radius 1 is 1.13 bits per heavy atom. The number of aryl methyl sites for hydroxylation is 1. The molecule has 2 aromatic heterocycles. The van der Waals surface area contributed by atoms with Crippen LogP contribution >= 0.6 is 0 Å². The van der Waals surface area contributed by atoms with Gasteiger partial charge in [-0.1, -0.05) is 24.3 Å². The van der Waals surface area contributed by atoms with E-state index in [0.29, 0.717) is 18.8 Å². The lowest BCUT2D eigenvalue weighted by molar-refractivity contribution is 0.101. The minimum absolute atomic E-state index is 0.173. The van der Waals surface area contributed by atoms with Crippen LogP contribution in [0, 0.1) is 12.7 Å². The van der Waals surface area contributed by atoms with Crippen LogP contribution in [0.25, 0.3) is 21.9 Å². The normalized spacial score (nSPS) is 11.7. The summed E-state index contributed by atoms with van der Waals surface area (Å²) in [6.45, 7) is 7.04. The Morgan fingerprint density at radius 2 is 1.90 bits per heavy atom. The van der Waals surface area contributed by atoms with Gasteiger partial charge in [-0.3, -0.25) is 4.79 Å². The van der Waals surface area contributed by atoms with Crippen molar-refractivity contribution >= 4 is 33.5 Å². The molecule has 1 amide bonds. The molecule has 0 fully saturated rings. The smallest absolute Gasteiger partial charge is 0.272 e.